The van der Waals surface area contributed by atoms with E-state index < -0.39 is 24.8 Å². The van der Waals surface area contributed by atoms with Gasteiger partial charge in [-0.1, -0.05) is 0 Å². The molecule has 0 saturated heterocycles. The number of rotatable bonds is 2. The summed E-state index contributed by atoms with van der Waals surface area (Å²) in [5.41, 5.74) is 0.0456. The van der Waals surface area contributed by atoms with Gasteiger partial charge in [0.2, 0.25) is 0 Å². The number of hydrogen-bond donors (Lipinski definition) is 0. The van der Waals surface area contributed by atoms with Crippen molar-refractivity contribution in [3.05, 3.63) is 24.3 Å². The molecule has 12 heavy (non-hydrogen) atoms. The highest BCUT2D eigenvalue weighted by Gasteiger charge is 1.97. The fourth-order valence-electron chi connectivity index (χ4n) is 0.787. The Balaban J connectivity index is 3.20. The van der Waals surface area contributed by atoms with Gasteiger partial charge in [0, 0.05) is 49.8 Å². The third-order valence-electron chi connectivity index (χ3n) is 1.43. The van der Waals surface area contributed by atoms with Crippen LogP contribution in [-0.4, -0.2) is 24.4 Å². The van der Waals surface area contributed by atoms with Crippen molar-refractivity contribution in [1.82, 2.24) is 0 Å². The summed E-state index contributed by atoms with van der Waals surface area (Å²) in [6, 6.07) is 5.59. The summed E-state index contributed by atoms with van der Waals surface area (Å²) in [5, 5.41) is 0. The molecule has 0 aliphatic carbocycles. The average Bonchev–Trinajstić information content (AvgIpc) is 2.13. The van der Waals surface area contributed by atoms with Gasteiger partial charge in [0.1, 0.15) is 0 Å². The Labute approximate surface area is 84.1 Å². The summed E-state index contributed by atoms with van der Waals surface area (Å²) in [7, 11) is -1.19. The lowest BCUT2D eigenvalue weighted by atomic mass is 10.3. The maximum absolute atomic E-state index is 11.2. The standard InChI is InChI=1S/C9H13NOS/c1-10(2)8-4-6-9(7-5-8)12(3)11/h4-7H,1-3H3/i1D3,2D3. The molecule has 1 aromatic carbocycles. The summed E-state index contributed by atoms with van der Waals surface area (Å²) < 4.78 is 54.8. The molecule has 0 spiro atoms. The molecule has 3 heteroatoms. The van der Waals surface area contributed by atoms with Crippen LogP contribution in [0, 0.1) is 0 Å². The predicted octanol–water partition coefficient (Wildman–Crippen LogP) is 1.49. The van der Waals surface area contributed by atoms with Crippen LogP contribution in [-0.2, 0) is 10.8 Å². The van der Waals surface area contributed by atoms with Gasteiger partial charge >= 0.3 is 0 Å². The molecule has 0 aliphatic heterocycles. The molecule has 0 radical (unpaired) electrons. The molecular weight excluding hydrogens is 170 g/mol. The zero-order chi connectivity index (χ0) is 14.1. The lowest BCUT2D eigenvalue weighted by Gasteiger charge is -2.11. The van der Waals surface area contributed by atoms with E-state index in [0.29, 0.717) is 9.80 Å². The van der Waals surface area contributed by atoms with Crippen LogP contribution in [0.5, 0.6) is 0 Å². The lowest BCUT2D eigenvalue weighted by molar-refractivity contribution is 0.687. The smallest absolute Gasteiger partial charge is 0.0498 e. The van der Waals surface area contributed by atoms with Crippen LogP contribution in [0.2, 0.25) is 0 Å². The molecule has 1 aromatic rings. The molecule has 0 aromatic heterocycles. The normalized spacial score (nSPS) is 22.1. The molecule has 0 saturated carbocycles. The molecule has 1 atom stereocenters. The van der Waals surface area contributed by atoms with E-state index in [0.717, 1.165) is 0 Å². The van der Waals surface area contributed by atoms with E-state index in [1.54, 1.807) is 0 Å². The van der Waals surface area contributed by atoms with Crippen LogP contribution < -0.4 is 4.90 Å². The van der Waals surface area contributed by atoms with Crippen molar-refractivity contribution in [2.75, 3.05) is 25.1 Å². The maximum atomic E-state index is 11.2. The summed E-state index contributed by atoms with van der Waals surface area (Å²) in [6.07, 6.45) is 1.49. The molecular formula is C9H13NOS. The zero-order valence-electron chi connectivity index (χ0n) is 12.6. The second kappa shape index (κ2) is 3.72. The van der Waals surface area contributed by atoms with Gasteiger partial charge in [0.05, 0.1) is 0 Å². The Kier molecular flexibility index (Phi) is 1.21. The Hall–Kier alpha value is -0.830. The van der Waals surface area contributed by atoms with Crippen LogP contribution in [0.15, 0.2) is 29.2 Å². The van der Waals surface area contributed by atoms with Gasteiger partial charge in [-0.05, 0) is 24.3 Å². The first kappa shape index (κ1) is 3.92. The van der Waals surface area contributed by atoms with Crippen LogP contribution in [0.4, 0.5) is 5.69 Å². The van der Waals surface area contributed by atoms with Crippen LogP contribution >= 0.6 is 0 Å². The lowest BCUT2D eigenvalue weighted by Crippen LogP contribution is -2.08. The molecule has 2 nitrogen and oxygen atoms in total. The number of benzene rings is 1. The Bertz CT molecular complexity index is 424. The van der Waals surface area contributed by atoms with Gasteiger partial charge in [-0.25, -0.2) is 0 Å². The first-order chi connectivity index (χ1) is 8.03. The largest absolute Gasteiger partial charge is 0.378 e. The van der Waals surface area contributed by atoms with Gasteiger partial charge < -0.3 is 4.90 Å². The first-order valence-electron chi connectivity index (χ1n) is 6.27. The molecule has 0 fully saturated rings. The second-order valence-corrected chi connectivity index (χ2v) is 3.66. The molecule has 66 valence electrons. The van der Waals surface area contributed by atoms with Crippen molar-refractivity contribution in [1.29, 1.82) is 0 Å². The summed E-state index contributed by atoms with van der Waals surface area (Å²) in [5.74, 6) is 0. The summed E-state index contributed by atoms with van der Waals surface area (Å²) >= 11 is 0. The highest BCUT2D eigenvalue weighted by molar-refractivity contribution is 7.84. The summed E-state index contributed by atoms with van der Waals surface area (Å²) in [6.45, 7) is -5.53. The average molecular weight is 189 g/mol. The van der Waals surface area contributed by atoms with Crippen LogP contribution in [0.3, 0.4) is 0 Å². The van der Waals surface area contributed by atoms with E-state index in [-0.39, 0.29) is 5.69 Å². The monoisotopic (exact) mass is 189 g/mol. The van der Waals surface area contributed by atoms with Crippen molar-refractivity contribution in [2.24, 2.45) is 0 Å². The van der Waals surface area contributed by atoms with E-state index in [1.807, 2.05) is 0 Å². The van der Waals surface area contributed by atoms with Crippen molar-refractivity contribution in [3.8, 4) is 0 Å². The molecule has 0 heterocycles. The highest BCUT2D eigenvalue weighted by Crippen LogP contribution is 2.13. The van der Waals surface area contributed by atoms with E-state index >= 15 is 0 Å². The molecule has 0 aliphatic rings. The second-order valence-electron chi connectivity index (χ2n) is 2.28. The predicted molar refractivity (Wildman–Crippen MR) is 53.1 cm³/mol. The Morgan fingerprint density at radius 2 is 1.92 bits per heavy atom. The molecule has 0 bridgehead atoms. The molecule has 0 N–H and O–H groups in total. The van der Waals surface area contributed by atoms with Gasteiger partial charge in [-0.3, -0.25) is 4.21 Å². The fourth-order valence-corrected chi connectivity index (χ4v) is 1.31. The van der Waals surface area contributed by atoms with Crippen molar-refractivity contribution in [2.45, 2.75) is 4.90 Å². The van der Waals surface area contributed by atoms with Crippen molar-refractivity contribution in [3.63, 3.8) is 0 Å². The maximum Gasteiger partial charge on any atom is 0.0498 e. The zero-order valence-corrected chi connectivity index (χ0v) is 7.39. The van der Waals surface area contributed by atoms with Gasteiger partial charge in [-0.15, -0.1) is 0 Å². The van der Waals surface area contributed by atoms with Gasteiger partial charge in [0.25, 0.3) is 0 Å². The highest BCUT2D eigenvalue weighted by atomic mass is 32.2. The minimum absolute atomic E-state index is 0.0456. The molecule has 1 rings (SSSR count). The van der Waals surface area contributed by atoms with Crippen molar-refractivity contribution < 1.29 is 12.4 Å². The SMILES string of the molecule is [2H]C([2H])([2H])N(c1ccc(S(C)=O)cc1)C([2H])([2H])[2H]. The van der Waals surface area contributed by atoms with E-state index in [1.165, 1.54) is 30.5 Å². The van der Waals surface area contributed by atoms with Crippen LogP contribution in [0.1, 0.15) is 8.22 Å². The Morgan fingerprint density at radius 3 is 2.33 bits per heavy atom. The topological polar surface area (TPSA) is 20.3 Å². The van der Waals surface area contributed by atoms with Crippen molar-refractivity contribution >= 4 is 16.5 Å². The fraction of sp³-hybridized carbons (Fsp3) is 0.333. The quantitative estimate of drug-likeness (QED) is 0.702. The number of hydrogen-bond acceptors (Lipinski definition) is 2. The van der Waals surface area contributed by atoms with Gasteiger partial charge in [-0.2, -0.15) is 0 Å². The van der Waals surface area contributed by atoms with E-state index in [2.05, 4.69) is 0 Å². The van der Waals surface area contributed by atoms with Gasteiger partial charge in [0.15, 0.2) is 0 Å². The van der Waals surface area contributed by atoms with Crippen LogP contribution in [0.25, 0.3) is 0 Å². The van der Waals surface area contributed by atoms with E-state index in [4.69, 9.17) is 8.22 Å². The minimum Gasteiger partial charge on any atom is -0.378 e. The third-order valence-corrected chi connectivity index (χ3v) is 2.36. The number of nitrogens with zero attached hydrogens (tertiary/aromatic N) is 1. The Morgan fingerprint density at radius 1 is 1.33 bits per heavy atom. The first-order valence-corrected chi connectivity index (χ1v) is 4.83. The number of anilines is 1. The molecule has 1 unspecified atom stereocenters. The minimum atomic E-state index is -2.77. The molecule has 0 amide bonds. The summed E-state index contributed by atoms with van der Waals surface area (Å²) in [4.78, 5) is 0.900. The third kappa shape index (κ3) is 2.08. The van der Waals surface area contributed by atoms with E-state index in [9.17, 15) is 4.21 Å².